The highest BCUT2D eigenvalue weighted by Crippen LogP contribution is 2.36. The van der Waals surface area contributed by atoms with Crippen molar-refractivity contribution in [2.75, 3.05) is 11.9 Å². The zero-order valence-corrected chi connectivity index (χ0v) is 12.0. The van der Waals surface area contributed by atoms with Crippen LogP contribution in [-0.4, -0.2) is 11.5 Å². The second kappa shape index (κ2) is 6.02. The van der Waals surface area contributed by atoms with Gasteiger partial charge in [0.05, 0.1) is 10.6 Å². The highest BCUT2D eigenvalue weighted by atomic mass is 35.5. The summed E-state index contributed by atoms with van der Waals surface area (Å²) in [6, 6.07) is 6.98. The van der Waals surface area contributed by atoms with Gasteiger partial charge in [0.1, 0.15) is 5.16 Å². The highest BCUT2D eigenvalue weighted by molar-refractivity contribution is 6.40. The van der Waals surface area contributed by atoms with Gasteiger partial charge >= 0.3 is 5.70 Å². The van der Waals surface area contributed by atoms with Gasteiger partial charge in [0, 0.05) is 6.54 Å². The minimum absolute atomic E-state index is 0.00489. The number of benzene rings is 1. The van der Waals surface area contributed by atoms with Crippen molar-refractivity contribution in [1.29, 1.82) is 0 Å². The van der Waals surface area contributed by atoms with Gasteiger partial charge in [0.25, 0.3) is 5.88 Å². The van der Waals surface area contributed by atoms with E-state index in [1.165, 1.54) is 0 Å². The van der Waals surface area contributed by atoms with Gasteiger partial charge < -0.3 is 15.4 Å². The quantitative estimate of drug-likeness (QED) is 0.507. The van der Waals surface area contributed by atoms with Crippen molar-refractivity contribution >= 4 is 28.9 Å². The SMILES string of the molecule is CCN/C(Cl)=C(Cl)\C(=C1/Nc2ccccc2O1)[N+](=O)[O-]. The van der Waals surface area contributed by atoms with E-state index in [4.69, 9.17) is 27.9 Å². The maximum absolute atomic E-state index is 11.2. The van der Waals surface area contributed by atoms with Crippen molar-refractivity contribution in [3.63, 3.8) is 0 Å². The van der Waals surface area contributed by atoms with E-state index in [0.717, 1.165) is 0 Å². The van der Waals surface area contributed by atoms with E-state index in [1.54, 1.807) is 31.2 Å². The molecule has 0 aromatic heterocycles. The van der Waals surface area contributed by atoms with Crippen molar-refractivity contribution in [3.8, 4) is 5.75 Å². The molecule has 1 aliphatic rings. The molecule has 0 saturated heterocycles. The predicted molar refractivity (Wildman–Crippen MR) is 77.1 cm³/mol. The number of anilines is 1. The number of fused-ring (bicyclic) bond motifs is 1. The summed E-state index contributed by atoms with van der Waals surface area (Å²) in [5.41, 5.74) is 0.208. The van der Waals surface area contributed by atoms with Gasteiger partial charge in [-0.25, -0.2) is 0 Å². The second-order valence-corrected chi connectivity index (χ2v) is 4.57. The number of nitrogens with one attached hydrogen (secondary N) is 2. The number of ether oxygens (including phenoxy) is 1. The molecular weight excluding hydrogens is 305 g/mol. The average molecular weight is 316 g/mol. The fourth-order valence-electron chi connectivity index (χ4n) is 1.62. The number of para-hydroxylation sites is 2. The Balaban J connectivity index is 2.44. The topological polar surface area (TPSA) is 76.4 Å². The van der Waals surface area contributed by atoms with Crippen molar-refractivity contribution < 1.29 is 9.66 Å². The Morgan fingerprint density at radius 1 is 1.45 bits per heavy atom. The lowest BCUT2D eigenvalue weighted by Crippen LogP contribution is -2.15. The summed E-state index contributed by atoms with van der Waals surface area (Å²) in [7, 11) is 0. The summed E-state index contributed by atoms with van der Waals surface area (Å²) in [5.74, 6) is 0.433. The number of hydrogen-bond acceptors (Lipinski definition) is 5. The maximum atomic E-state index is 11.2. The number of rotatable bonds is 4. The summed E-state index contributed by atoms with van der Waals surface area (Å²) >= 11 is 11.8. The van der Waals surface area contributed by atoms with E-state index in [9.17, 15) is 10.1 Å². The first-order chi connectivity index (χ1) is 9.54. The van der Waals surface area contributed by atoms with E-state index in [-0.39, 0.29) is 16.1 Å². The van der Waals surface area contributed by atoms with Crippen LogP contribution in [0.1, 0.15) is 6.92 Å². The number of hydrogen-bond donors (Lipinski definition) is 2. The number of nitro groups is 1. The third-order valence-electron chi connectivity index (χ3n) is 2.48. The molecule has 0 spiro atoms. The zero-order valence-electron chi connectivity index (χ0n) is 10.4. The molecule has 2 N–H and O–H groups in total. The first-order valence-corrected chi connectivity index (χ1v) is 6.52. The monoisotopic (exact) mass is 315 g/mol. The number of halogens is 2. The average Bonchev–Trinajstić information content (AvgIpc) is 2.81. The van der Waals surface area contributed by atoms with Crippen LogP contribution < -0.4 is 15.4 Å². The van der Waals surface area contributed by atoms with Crippen LogP contribution in [0.2, 0.25) is 0 Å². The molecule has 0 fully saturated rings. The van der Waals surface area contributed by atoms with Crippen molar-refractivity contribution in [1.82, 2.24) is 5.32 Å². The molecule has 0 atom stereocenters. The van der Waals surface area contributed by atoms with E-state index >= 15 is 0 Å². The van der Waals surface area contributed by atoms with Crippen LogP contribution in [0.5, 0.6) is 5.75 Å². The molecule has 0 bridgehead atoms. The Bertz CT molecular complexity index is 587. The number of nitrogens with zero attached hydrogens (tertiary/aromatic N) is 1. The molecule has 2 rings (SSSR count). The van der Waals surface area contributed by atoms with Crippen molar-refractivity contribution in [2.24, 2.45) is 0 Å². The normalized spacial score (nSPS) is 16.6. The first kappa shape index (κ1) is 14.5. The van der Waals surface area contributed by atoms with E-state index in [1.807, 2.05) is 0 Å². The lowest BCUT2D eigenvalue weighted by Gasteiger charge is -2.05. The third kappa shape index (κ3) is 2.81. The van der Waals surface area contributed by atoms with Crippen LogP contribution in [0, 0.1) is 10.1 Å². The second-order valence-electron chi connectivity index (χ2n) is 3.82. The van der Waals surface area contributed by atoms with Crippen LogP contribution in [0.3, 0.4) is 0 Å². The van der Waals surface area contributed by atoms with E-state index in [0.29, 0.717) is 18.0 Å². The molecule has 1 aromatic rings. The summed E-state index contributed by atoms with van der Waals surface area (Å²) in [6.07, 6.45) is 0. The Labute approximate surface area is 125 Å². The maximum Gasteiger partial charge on any atom is 0.350 e. The van der Waals surface area contributed by atoms with Crippen LogP contribution in [0.25, 0.3) is 0 Å². The Morgan fingerprint density at radius 3 is 2.75 bits per heavy atom. The molecule has 20 heavy (non-hydrogen) atoms. The van der Waals surface area contributed by atoms with Gasteiger partial charge in [-0.1, -0.05) is 35.3 Å². The molecular formula is C12H11Cl2N3O3. The van der Waals surface area contributed by atoms with Gasteiger partial charge in [-0.2, -0.15) is 0 Å². The smallest absolute Gasteiger partial charge is 0.350 e. The molecule has 8 heteroatoms. The summed E-state index contributed by atoms with van der Waals surface area (Å²) in [5, 5.41) is 16.5. The Kier molecular flexibility index (Phi) is 4.36. The van der Waals surface area contributed by atoms with Gasteiger partial charge in [0.2, 0.25) is 0 Å². The Morgan fingerprint density at radius 2 is 2.15 bits per heavy atom. The van der Waals surface area contributed by atoms with Crippen molar-refractivity contribution in [2.45, 2.75) is 6.92 Å². The zero-order chi connectivity index (χ0) is 14.7. The first-order valence-electron chi connectivity index (χ1n) is 5.76. The molecule has 106 valence electrons. The summed E-state index contributed by atoms with van der Waals surface area (Å²) in [4.78, 5) is 10.6. The third-order valence-corrected chi connectivity index (χ3v) is 3.26. The molecule has 0 amide bonds. The molecule has 0 radical (unpaired) electrons. The number of allylic oxidation sites excluding steroid dienone is 1. The molecule has 1 aliphatic heterocycles. The predicted octanol–water partition coefficient (Wildman–Crippen LogP) is 3.19. The van der Waals surface area contributed by atoms with Gasteiger partial charge in [-0.3, -0.25) is 10.1 Å². The minimum Gasteiger partial charge on any atom is -0.433 e. The van der Waals surface area contributed by atoms with Crippen LogP contribution in [0.15, 0.2) is 46.0 Å². The van der Waals surface area contributed by atoms with Crippen molar-refractivity contribution in [3.05, 3.63) is 56.1 Å². The summed E-state index contributed by atoms with van der Waals surface area (Å²) in [6.45, 7) is 2.29. The fourth-order valence-corrected chi connectivity index (χ4v) is 2.07. The molecule has 6 nitrogen and oxygen atoms in total. The Hall–Kier alpha value is -1.92. The van der Waals surface area contributed by atoms with E-state index in [2.05, 4.69) is 10.6 Å². The lowest BCUT2D eigenvalue weighted by atomic mass is 10.3. The van der Waals surface area contributed by atoms with Gasteiger partial charge in [-0.05, 0) is 19.1 Å². The van der Waals surface area contributed by atoms with Crippen LogP contribution >= 0.6 is 23.2 Å². The largest absolute Gasteiger partial charge is 0.433 e. The van der Waals surface area contributed by atoms with Gasteiger partial charge in [-0.15, -0.1) is 0 Å². The fraction of sp³-hybridized carbons (Fsp3) is 0.167. The van der Waals surface area contributed by atoms with Crippen LogP contribution in [0.4, 0.5) is 5.69 Å². The van der Waals surface area contributed by atoms with E-state index < -0.39 is 10.6 Å². The molecule has 0 aliphatic carbocycles. The lowest BCUT2D eigenvalue weighted by molar-refractivity contribution is -0.422. The molecule has 0 saturated carbocycles. The minimum atomic E-state index is -0.643. The molecule has 1 aromatic carbocycles. The summed E-state index contributed by atoms with van der Waals surface area (Å²) < 4.78 is 5.40. The molecule has 0 unspecified atom stereocenters. The highest BCUT2D eigenvalue weighted by Gasteiger charge is 2.31. The molecule has 1 heterocycles. The van der Waals surface area contributed by atoms with Gasteiger partial charge in [0.15, 0.2) is 10.8 Å². The van der Waals surface area contributed by atoms with Crippen LogP contribution in [-0.2, 0) is 0 Å². The standard InChI is InChI=1S/C12H11Cl2N3O3/c1-2-15-11(14)9(13)10(17(18)19)12-16-7-5-3-4-6-8(7)20-12/h3-6,15-16H,2H2,1H3/b11-9+,12-10-.